The third-order valence-electron chi connectivity index (χ3n) is 4.49. The van der Waals surface area contributed by atoms with Crippen molar-refractivity contribution in [3.05, 3.63) is 10.6 Å². The van der Waals surface area contributed by atoms with Crippen LogP contribution in [0.1, 0.15) is 56.5 Å². The summed E-state index contributed by atoms with van der Waals surface area (Å²) in [5.41, 5.74) is 1.07. The van der Waals surface area contributed by atoms with Gasteiger partial charge in [0.2, 0.25) is 0 Å². The van der Waals surface area contributed by atoms with E-state index >= 15 is 0 Å². The van der Waals surface area contributed by atoms with Crippen LogP contribution in [0, 0.1) is 5.92 Å². The minimum Gasteiger partial charge on any atom is -0.391 e. The molecule has 1 N–H and O–H groups in total. The average molecular weight is 282 g/mol. The van der Waals surface area contributed by atoms with Crippen molar-refractivity contribution in [3.63, 3.8) is 0 Å². The summed E-state index contributed by atoms with van der Waals surface area (Å²) in [5.74, 6) is 0.931. The predicted molar refractivity (Wildman–Crippen MR) is 81.9 cm³/mol. The van der Waals surface area contributed by atoms with E-state index in [0.29, 0.717) is 6.04 Å². The zero-order valence-corrected chi connectivity index (χ0v) is 13.2. The van der Waals surface area contributed by atoms with Gasteiger partial charge < -0.3 is 10.0 Å². The fourth-order valence-corrected chi connectivity index (χ4v) is 4.06. The lowest BCUT2D eigenvalue weighted by Crippen LogP contribution is -2.35. The molecule has 1 heterocycles. The first-order valence-electron chi connectivity index (χ1n) is 7.51. The number of nitrogens with zero attached hydrogens (tertiary/aromatic N) is 2. The third kappa shape index (κ3) is 3.29. The van der Waals surface area contributed by atoms with Gasteiger partial charge in [0.25, 0.3) is 0 Å². The number of thiazole rings is 1. The molecule has 1 aromatic heterocycles. The topological polar surface area (TPSA) is 36.4 Å². The molecular formula is C15H26N2OS. The molecule has 0 aliphatic heterocycles. The molecule has 19 heavy (non-hydrogen) atoms. The first-order chi connectivity index (χ1) is 9.19. The van der Waals surface area contributed by atoms with Gasteiger partial charge in [-0.15, -0.1) is 0 Å². The van der Waals surface area contributed by atoms with Gasteiger partial charge in [0.15, 0.2) is 5.13 Å². The second kappa shape index (κ2) is 6.71. The number of aromatic nitrogens is 1. The van der Waals surface area contributed by atoms with Crippen molar-refractivity contribution in [1.82, 2.24) is 4.98 Å². The monoisotopic (exact) mass is 282 g/mol. The standard InChI is InChI=1S/C15H26N2OS/c1-4-11-6-8-12(9-7-11)17(3)15-16-13(5-2)14(10-18)19-15/h11-12,18H,4-10H2,1-3H3. The van der Waals surface area contributed by atoms with Gasteiger partial charge in [-0.1, -0.05) is 31.6 Å². The molecule has 0 amide bonds. The van der Waals surface area contributed by atoms with Gasteiger partial charge in [-0.3, -0.25) is 0 Å². The van der Waals surface area contributed by atoms with E-state index in [4.69, 9.17) is 4.98 Å². The highest BCUT2D eigenvalue weighted by Gasteiger charge is 2.25. The second-order valence-electron chi connectivity index (χ2n) is 5.57. The third-order valence-corrected chi connectivity index (χ3v) is 5.66. The maximum absolute atomic E-state index is 9.37. The molecule has 1 aliphatic rings. The van der Waals surface area contributed by atoms with Crippen LogP contribution in [0.2, 0.25) is 0 Å². The van der Waals surface area contributed by atoms with Crippen LogP contribution in [0.5, 0.6) is 0 Å². The summed E-state index contributed by atoms with van der Waals surface area (Å²) < 4.78 is 0. The van der Waals surface area contributed by atoms with Crippen molar-refractivity contribution in [1.29, 1.82) is 0 Å². The minimum atomic E-state index is 0.122. The van der Waals surface area contributed by atoms with Gasteiger partial charge in [-0.2, -0.15) is 0 Å². The quantitative estimate of drug-likeness (QED) is 0.896. The van der Waals surface area contributed by atoms with Crippen LogP contribution in [0.3, 0.4) is 0 Å². The minimum absolute atomic E-state index is 0.122. The Balaban J connectivity index is 2.03. The van der Waals surface area contributed by atoms with E-state index in [0.717, 1.165) is 28.0 Å². The van der Waals surface area contributed by atoms with Gasteiger partial charge in [-0.05, 0) is 38.0 Å². The predicted octanol–water partition coefficient (Wildman–Crippen LogP) is 3.60. The normalized spacial score (nSPS) is 23.6. The molecular weight excluding hydrogens is 256 g/mol. The van der Waals surface area contributed by atoms with Crippen molar-refractivity contribution in [3.8, 4) is 0 Å². The van der Waals surface area contributed by atoms with Crippen LogP contribution in [-0.2, 0) is 13.0 Å². The Morgan fingerprint density at radius 1 is 1.26 bits per heavy atom. The molecule has 0 aromatic carbocycles. The number of aliphatic hydroxyl groups is 1. The van der Waals surface area contributed by atoms with Gasteiger partial charge >= 0.3 is 0 Å². The smallest absolute Gasteiger partial charge is 0.185 e. The number of hydrogen-bond acceptors (Lipinski definition) is 4. The molecule has 4 heteroatoms. The number of hydrogen-bond donors (Lipinski definition) is 1. The summed E-state index contributed by atoms with van der Waals surface area (Å²) in [5, 5.41) is 10.5. The molecule has 0 unspecified atom stereocenters. The lowest BCUT2D eigenvalue weighted by atomic mass is 9.84. The largest absolute Gasteiger partial charge is 0.391 e. The molecule has 1 aliphatic carbocycles. The van der Waals surface area contributed by atoms with E-state index in [1.807, 2.05) is 0 Å². The fraction of sp³-hybridized carbons (Fsp3) is 0.800. The van der Waals surface area contributed by atoms with E-state index in [-0.39, 0.29) is 6.61 Å². The van der Waals surface area contributed by atoms with Gasteiger partial charge in [0, 0.05) is 13.1 Å². The molecule has 1 aromatic rings. The maximum atomic E-state index is 9.37. The van der Waals surface area contributed by atoms with E-state index in [2.05, 4.69) is 25.8 Å². The SMILES string of the molecule is CCc1nc(N(C)C2CCC(CC)CC2)sc1CO. The van der Waals surface area contributed by atoms with Gasteiger partial charge in [0.05, 0.1) is 17.2 Å². The van der Waals surface area contributed by atoms with Crippen molar-refractivity contribution in [2.24, 2.45) is 5.92 Å². The zero-order valence-electron chi connectivity index (χ0n) is 12.4. The number of rotatable bonds is 5. The Morgan fingerprint density at radius 3 is 2.42 bits per heavy atom. The molecule has 108 valence electrons. The van der Waals surface area contributed by atoms with E-state index in [9.17, 15) is 5.11 Å². The molecule has 3 nitrogen and oxygen atoms in total. The Bertz CT molecular complexity index is 375. The second-order valence-corrected chi connectivity index (χ2v) is 6.63. The number of aliphatic hydroxyl groups excluding tert-OH is 1. The van der Waals surface area contributed by atoms with Gasteiger partial charge in [-0.25, -0.2) is 4.98 Å². The van der Waals surface area contributed by atoms with Crippen LogP contribution < -0.4 is 4.90 Å². The highest BCUT2D eigenvalue weighted by Crippen LogP contribution is 2.33. The van der Waals surface area contributed by atoms with Crippen molar-refractivity contribution in [2.45, 2.75) is 65.0 Å². The molecule has 0 bridgehead atoms. The van der Waals surface area contributed by atoms with Crippen molar-refractivity contribution in [2.75, 3.05) is 11.9 Å². The molecule has 0 radical (unpaired) electrons. The summed E-state index contributed by atoms with van der Waals surface area (Å²) in [4.78, 5) is 8.07. The Kier molecular flexibility index (Phi) is 5.22. The molecule has 1 fully saturated rings. The first-order valence-corrected chi connectivity index (χ1v) is 8.33. The Hall–Kier alpha value is -0.610. The van der Waals surface area contributed by atoms with E-state index in [1.165, 1.54) is 32.1 Å². The molecule has 0 atom stereocenters. The van der Waals surface area contributed by atoms with Gasteiger partial charge in [0.1, 0.15) is 0 Å². The molecule has 0 spiro atoms. The van der Waals surface area contributed by atoms with Crippen LogP contribution in [0.4, 0.5) is 5.13 Å². The molecule has 0 saturated heterocycles. The summed E-state index contributed by atoms with van der Waals surface area (Å²) >= 11 is 1.66. The van der Waals surface area contributed by atoms with Crippen LogP contribution in [-0.4, -0.2) is 23.2 Å². The van der Waals surface area contributed by atoms with Crippen LogP contribution in [0.15, 0.2) is 0 Å². The highest BCUT2D eigenvalue weighted by atomic mass is 32.1. The first kappa shape index (κ1) is 14.8. The zero-order chi connectivity index (χ0) is 13.8. The van der Waals surface area contributed by atoms with Crippen molar-refractivity contribution >= 4 is 16.5 Å². The molecule has 1 saturated carbocycles. The fourth-order valence-electron chi connectivity index (χ4n) is 3.02. The average Bonchev–Trinajstić information content (AvgIpc) is 2.89. The molecule has 2 rings (SSSR count). The maximum Gasteiger partial charge on any atom is 0.185 e. The number of aryl methyl sites for hydroxylation is 1. The van der Waals surface area contributed by atoms with E-state index < -0.39 is 0 Å². The summed E-state index contributed by atoms with van der Waals surface area (Å²) in [6.45, 7) is 4.53. The number of anilines is 1. The van der Waals surface area contributed by atoms with E-state index in [1.54, 1.807) is 11.3 Å². The lowest BCUT2D eigenvalue weighted by Gasteiger charge is -2.34. The Labute approximate surface area is 120 Å². The Morgan fingerprint density at radius 2 is 1.95 bits per heavy atom. The summed E-state index contributed by atoms with van der Waals surface area (Å²) in [6.07, 6.45) is 7.49. The summed E-state index contributed by atoms with van der Waals surface area (Å²) in [7, 11) is 2.16. The van der Waals surface area contributed by atoms with Crippen LogP contribution in [0.25, 0.3) is 0 Å². The van der Waals surface area contributed by atoms with Crippen molar-refractivity contribution < 1.29 is 5.11 Å². The van der Waals surface area contributed by atoms with Crippen LogP contribution >= 0.6 is 11.3 Å². The highest BCUT2D eigenvalue weighted by molar-refractivity contribution is 7.15. The lowest BCUT2D eigenvalue weighted by molar-refractivity contribution is 0.284. The summed E-state index contributed by atoms with van der Waals surface area (Å²) in [6, 6.07) is 0.630.